The van der Waals surface area contributed by atoms with Crippen LogP contribution < -0.4 is 10.6 Å². The van der Waals surface area contributed by atoms with Crippen molar-refractivity contribution in [3.8, 4) is 0 Å². The lowest BCUT2D eigenvalue weighted by atomic mass is 9.94. The maximum absolute atomic E-state index is 11.8. The zero-order valence-electron chi connectivity index (χ0n) is 8.02. The fourth-order valence-corrected chi connectivity index (χ4v) is 1.74. The van der Waals surface area contributed by atoms with Crippen LogP contribution in [-0.2, 0) is 0 Å². The summed E-state index contributed by atoms with van der Waals surface area (Å²) < 4.78 is 23.6. The molecule has 13 heavy (non-hydrogen) atoms. The van der Waals surface area contributed by atoms with E-state index in [0.29, 0.717) is 12.6 Å². The number of nitrogens with one attached hydrogen (secondary N) is 2. The maximum Gasteiger partial charge on any atom is 0.250 e. The molecule has 78 valence electrons. The van der Waals surface area contributed by atoms with Crippen molar-refractivity contribution in [3.63, 3.8) is 0 Å². The maximum atomic E-state index is 11.8. The summed E-state index contributed by atoms with van der Waals surface area (Å²) in [5, 5.41) is 6.08. The Morgan fingerprint density at radius 1 is 1.54 bits per heavy atom. The van der Waals surface area contributed by atoms with Crippen molar-refractivity contribution in [2.45, 2.75) is 32.2 Å². The summed E-state index contributed by atoms with van der Waals surface area (Å²) in [5.41, 5.74) is 0. The topological polar surface area (TPSA) is 24.1 Å². The standard InChI is InChI=1S/C9H18F2N2/c1-7-2-3-13-8(4-7)5-12-6-9(10)11/h7-9,12-13H,2-6H2,1H3. The van der Waals surface area contributed by atoms with E-state index in [1.54, 1.807) is 0 Å². The van der Waals surface area contributed by atoms with Crippen LogP contribution in [0.2, 0.25) is 0 Å². The molecule has 0 aromatic heterocycles. The average molecular weight is 192 g/mol. The van der Waals surface area contributed by atoms with Gasteiger partial charge in [0.1, 0.15) is 0 Å². The van der Waals surface area contributed by atoms with Gasteiger partial charge in [-0.1, -0.05) is 6.92 Å². The van der Waals surface area contributed by atoms with Crippen LogP contribution in [0.4, 0.5) is 8.78 Å². The third-order valence-corrected chi connectivity index (χ3v) is 2.45. The molecule has 0 amide bonds. The summed E-state index contributed by atoms with van der Waals surface area (Å²) in [6.07, 6.45) is 0.0581. The van der Waals surface area contributed by atoms with E-state index < -0.39 is 6.43 Å². The molecule has 0 saturated carbocycles. The van der Waals surface area contributed by atoms with Crippen LogP contribution in [0.25, 0.3) is 0 Å². The highest BCUT2D eigenvalue weighted by Crippen LogP contribution is 2.14. The summed E-state index contributed by atoms with van der Waals surface area (Å²) in [5.74, 6) is 0.722. The lowest BCUT2D eigenvalue weighted by Gasteiger charge is -2.28. The van der Waals surface area contributed by atoms with Crippen LogP contribution in [-0.4, -0.2) is 32.1 Å². The second-order valence-corrected chi connectivity index (χ2v) is 3.83. The number of hydrogen-bond acceptors (Lipinski definition) is 2. The predicted octanol–water partition coefficient (Wildman–Crippen LogP) is 1.23. The Kier molecular flexibility index (Phi) is 4.59. The fourth-order valence-electron chi connectivity index (χ4n) is 1.74. The second kappa shape index (κ2) is 5.50. The minimum Gasteiger partial charge on any atom is -0.313 e. The Hall–Kier alpha value is -0.220. The molecule has 2 unspecified atom stereocenters. The molecule has 0 aromatic carbocycles. The van der Waals surface area contributed by atoms with Gasteiger partial charge >= 0.3 is 0 Å². The van der Waals surface area contributed by atoms with Crippen molar-refractivity contribution < 1.29 is 8.78 Å². The first kappa shape index (κ1) is 10.9. The van der Waals surface area contributed by atoms with E-state index in [4.69, 9.17) is 0 Å². The van der Waals surface area contributed by atoms with E-state index in [-0.39, 0.29) is 6.54 Å². The largest absolute Gasteiger partial charge is 0.313 e. The van der Waals surface area contributed by atoms with Gasteiger partial charge < -0.3 is 10.6 Å². The Morgan fingerprint density at radius 2 is 2.31 bits per heavy atom. The third-order valence-electron chi connectivity index (χ3n) is 2.45. The first-order valence-electron chi connectivity index (χ1n) is 4.90. The van der Waals surface area contributed by atoms with E-state index in [2.05, 4.69) is 17.6 Å². The SMILES string of the molecule is CC1CCNC(CNCC(F)F)C1. The van der Waals surface area contributed by atoms with Gasteiger partial charge in [-0.25, -0.2) is 8.78 Å². The molecule has 1 fully saturated rings. The molecule has 4 heteroatoms. The molecule has 1 aliphatic heterocycles. The average Bonchev–Trinajstić information content (AvgIpc) is 2.03. The number of hydrogen-bond donors (Lipinski definition) is 2. The molecule has 2 atom stereocenters. The van der Waals surface area contributed by atoms with Gasteiger partial charge in [0.25, 0.3) is 6.43 Å². The van der Waals surface area contributed by atoms with Gasteiger partial charge in [-0.05, 0) is 25.3 Å². The van der Waals surface area contributed by atoms with Crippen molar-refractivity contribution in [1.29, 1.82) is 0 Å². The van der Waals surface area contributed by atoms with Crippen LogP contribution in [0.3, 0.4) is 0 Å². The Morgan fingerprint density at radius 3 is 2.92 bits per heavy atom. The number of rotatable bonds is 4. The summed E-state index contributed by atoms with van der Waals surface area (Å²) in [4.78, 5) is 0. The Balaban J connectivity index is 2.06. The van der Waals surface area contributed by atoms with E-state index >= 15 is 0 Å². The zero-order valence-corrected chi connectivity index (χ0v) is 8.02. The Bertz CT molecular complexity index is 142. The van der Waals surface area contributed by atoms with Crippen molar-refractivity contribution in [3.05, 3.63) is 0 Å². The van der Waals surface area contributed by atoms with Gasteiger partial charge in [-0.3, -0.25) is 0 Å². The van der Waals surface area contributed by atoms with Crippen molar-refractivity contribution in [2.24, 2.45) is 5.92 Å². The van der Waals surface area contributed by atoms with Gasteiger partial charge in [0, 0.05) is 12.6 Å². The van der Waals surface area contributed by atoms with Gasteiger partial charge in [-0.15, -0.1) is 0 Å². The lowest BCUT2D eigenvalue weighted by molar-refractivity contribution is 0.143. The first-order chi connectivity index (χ1) is 6.18. The molecule has 0 bridgehead atoms. The van der Waals surface area contributed by atoms with Crippen molar-refractivity contribution in [1.82, 2.24) is 10.6 Å². The molecule has 1 saturated heterocycles. The molecule has 0 radical (unpaired) electrons. The fraction of sp³-hybridized carbons (Fsp3) is 1.00. The lowest BCUT2D eigenvalue weighted by Crippen LogP contribution is -2.44. The van der Waals surface area contributed by atoms with E-state index in [0.717, 1.165) is 18.9 Å². The van der Waals surface area contributed by atoms with Crippen LogP contribution in [0.5, 0.6) is 0 Å². The smallest absolute Gasteiger partial charge is 0.250 e. The van der Waals surface area contributed by atoms with Gasteiger partial charge in [-0.2, -0.15) is 0 Å². The van der Waals surface area contributed by atoms with E-state index in [9.17, 15) is 8.78 Å². The van der Waals surface area contributed by atoms with E-state index in [1.807, 2.05) is 0 Å². The molecule has 1 aliphatic rings. The number of alkyl halides is 2. The molecule has 1 rings (SSSR count). The highest BCUT2D eigenvalue weighted by atomic mass is 19.3. The van der Waals surface area contributed by atoms with Crippen LogP contribution in [0.15, 0.2) is 0 Å². The minimum atomic E-state index is -2.24. The molecule has 2 N–H and O–H groups in total. The summed E-state index contributed by atoms with van der Waals surface area (Å²) in [6.45, 7) is 3.70. The molecular weight excluding hydrogens is 174 g/mol. The summed E-state index contributed by atoms with van der Waals surface area (Å²) >= 11 is 0. The van der Waals surface area contributed by atoms with Crippen LogP contribution in [0.1, 0.15) is 19.8 Å². The highest BCUT2D eigenvalue weighted by Gasteiger charge is 2.17. The minimum absolute atomic E-state index is 0.188. The van der Waals surface area contributed by atoms with E-state index in [1.165, 1.54) is 6.42 Å². The molecule has 2 nitrogen and oxygen atoms in total. The number of halogens is 2. The quantitative estimate of drug-likeness (QED) is 0.700. The molecule has 0 aromatic rings. The first-order valence-corrected chi connectivity index (χ1v) is 4.90. The van der Waals surface area contributed by atoms with Crippen LogP contribution in [0, 0.1) is 5.92 Å². The normalized spacial score (nSPS) is 29.5. The molecule has 0 aliphatic carbocycles. The third kappa shape index (κ3) is 4.52. The van der Waals surface area contributed by atoms with Crippen molar-refractivity contribution >= 4 is 0 Å². The van der Waals surface area contributed by atoms with Gasteiger partial charge in [0.15, 0.2) is 0 Å². The predicted molar refractivity (Wildman–Crippen MR) is 49.1 cm³/mol. The summed E-state index contributed by atoms with van der Waals surface area (Å²) in [7, 11) is 0. The highest BCUT2D eigenvalue weighted by molar-refractivity contribution is 4.77. The van der Waals surface area contributed by atoms with Crippen LogP contribution >= 0.6 is 0 Å². The summed E-state index contributed by atoms with van der Waals surface area (Å²) in [6, 6.07) is 0.377. The van der Waals surface area contributed by atoms with Gasteiger partial charge in [0.05, 0.1) is 6.54 Å². The second-order valence-electron chi connectivity index (χ2n) is 3.83. The molecule has 1 heterocycles. The Labute approximate surface area is 78.1 Å². The molecule has 0 spiro atoms. The molecular formula is C9H18F2N2. The zero-order chi connectivity index (χ0) is 9.68. The van der Waals surface area contributed by atoms with Gasteiger partial charge in [0.2, 0.25) is 0 Å². The van der Waals surface area contributed by atoms with Crippen molar-refractivity contribution in [2.75, 3.05) is 19.6 Å². The number of piperidine rings is 1. The monoisotopic (exact) mass is 192 g/mol.